The van der Waals surface area contributed by atoms with Crippen molar-refractivity contribution in [2.24, 2.45) is 23.7 Å². The molecule has 0 radical (unpaired) electrons. The van der Waals surface area contributed by atoms with Gasteiger partial charge in [0.25, 0.3) is 0 Å². The largest absolute Gasteiger partial charge is 0.282 e. The predicted octanol–water partition coefficient (Wildman–Crippen LogP) is -0.369. The Morgan fingerprint density at radius 3 is 1.53 bits per heavy atom. The third-order valence-corrected chi connectivity index (χ3v) is 4.53. The maximum absolute atomic E-state index is 12.2. The van der Waals surface area contributed by atoms with E-state index in [1.54, 1.807) is 20.8 Å². The Morgan fingerprint density at radius 2 is 1.21 bits per heavy atom. The number of rotatable bonds is 2. The lowest BCUT2D eigenvalue weighted by molar-refractivity contribution is -0.146. The van der Waals surface area contributed by atoms with Gasteiger partial charge in [-0.2, -0.15) is 0 Å². The van der Waals surface area contributed by atoms with Crippen LogP contribution in [0.2, 0.25) is 0 Å². The first-order chi connectivity index (χ1) is 8.91. The lowest BCUT2D eigenvalue weighted by Gasteiger charge is -2.36. The number of nitrogens with zero attached hydrogens (tertiary/aromatic N) is 2. The summed E-state index contributed by atoms with van der Waals surface area (Å²) >= 11 is 0. The Kier molecular flexibility index (Phi) is 2.37. The molecule has 2 heterocycles. The van der Waals surface area contributed by atoms with Gasteiger partial charge in [0.15, 0.2) is 0 Å². The van der Waals surface area contributed by atoms with E-state index in [1.165, 1.54) is 9.80 Å². The fraction of sp³-hybridized carbons (Fsp3) is 0.692. The van der Waals surface area contributed by atoms with Crippen LogP contribution in [0.1, 0.15) is 20.8 Å². The van der Waals surface area contributed by atoms with E-state index >= 15 is 0 Å². The summed E-state index contributed by atoms with van der Waals surface area (Å²) < 4.78 is 0. The van der Waals surface area contributed by atoms with E-state index in [4.69, 9.17) is 0 Å². The van der Waals surface area contributed by atoms with Gasteiger partial charge in [0.2, 0.25) is 23.6 Å². The Hall–Kier alpha value is -1.72. The monoisotopic (exact) mass is 264 g/mol. The second kappa shape index (κ2) is 3.65. The number of hydrogen-bond donors (Lipinski definition) is 0. The molecule has 0 aromatic rings. The van der Waals surface area contributed by atoms with Crippen molar-refractivity contribution in [1.82, 2.24) is 9.80 Å². The minimum Gasteiger partial charge on any atom is -0.282 e. The molecule has 102 valence electrons. The number of imide groups is 2. The molecular weight excluding hydrogens is 248 g/mol. The fourth-order valence-corrected chi connectivity index (χ4v) is 3.70. The Labute approximate surface area is 110 Å². The van der Waals surface area contributed by atoms with Crippen LogP contribution in [0.25, 0.3) is 0 Å². The van der Waals surface area contributed by atoms with Crippen molar-refractivity contribution in [2.45, 2.75) is 26.8 Å². The number of carbonyl (C=O) groups is 4. The highest BCUT2D eigenvalue weighted by atomic mass is 16.2. The number of carbonyl (C=O) groups excluding carboxylic acids is 4. The van der Waals surface area contributed by atoms with E-state index in [9.17, 15) is 19.2 Å². The van der Waals surface area contributed by atoms with Gasteiger partial charge in [0.05, 0.1) is 23.7 Å². The zero-order valence-corrected chi connectivity index (χ0v) is 11.1. The molecule has 3 aliphatic rings. The van der Waals surface area contributed by atoms with Crippen LogP contribution in [0, 0.1) is 23.7 Å². The van der Waals surface area contributed by atoms with Crippen LogP contribution < -0.4 is 0 Å². The standard InChI is InChI=1S/C13H16N2O4/c1-4-14-10(16)6-7(11(14)17)9-8(6)12(18)15(5(2)3)13(9)19/h5-9H,4H2,1-3H3. The maximum atomic E-state index is 12.2. The molecule has 2 aliphatic heterocycles. The lowest BCUT2D eigenvalue weighted by Crippen LogP contribution is -2.50. The molecule has 2 saturated heterocycles. The van der Waals surface area contributed by atoms with E-state index in [-0.39, 0.29) is 29.7 Å². The predicted molar refractivity (Wildman–Crippen MR) is 63.3 cm³/mol. The second-order valence-electron chi connectivity index (χ2n) is 5.66. The Balaban J connectivity index is 1.97. The van der Waals surface area contributed by atoms with Crippen LogP contribution in [0.15, 0.2) is 0 Å². The van der Waals surface area contributed by atoms with Crippen molar-refractivity contribution in [3.8, 4) is 0 Å². The third-order valence-electron chi connectivity index (χ3n) is 4.53. The quantitative estimate of drug-likeness (QED) is 0.638. The van der Waals surface area contributed by atoms with Crippen LogP contribution in [-0.2, 0) is 19.2 Å². The summed E-state index contributed by atoms with van der Waals surface area (Å²) in [6, 6.07) is -0.223. The molecule has 4 atom stereocenters. The van der Waals surface area contributed by atoms with Crippen molar-refractivity contribution in [1.29, 1.82) is 0 Å². The molecule has 0 spiro atoms. The molecule has 4 amide bonds. The highest BCUT2D eigenvalue weighted by Crippen LogP contribution is 2.56. The van der Waals surface area contributed by atoms with Crippen LogP contribution in [0.3, 0.4) is 0 Å². The average Bonchev–Trinajstić information content (AvgIpc) is 2.58. The normalized spacial score (nSPS) is 37.1. The van der Waals surface area contributed by atoms with Gasteiger partial charge in [-0.15, -0.1) is 0 Å². The Bertz CT molecular complexity index is 473. The molecule has 3 rings (SSSR count). The summed E-state index contributed by atoms with van der Waals surface area (Å²) in [4.78, 5) is 51.1. The molecule has 1 saturated carbocycles. The van der Waals surface area contributed by atoms with Crippen molar-refractivity contribution in [3.05, 3.63) is 0 Å². The molecule has 0 aromatic heterocycles. The van der Waals surface area contributed by atoms with E-state index in [1.807, 2.05) is 0 Å². The van der Waals surface area contributed by atoms with E-state index in [0.29, 0.717) is 6.54 Å². The number of hydrogen-bond acceptors (Lipinski definition) is 4. The molecule has 3 fully saturated rings. The van der Waals surface area contributed by atoms with E-state index in [0.717, 1.165) is 0 Å². The van der Waals surface area contributed by atoms with Crippen molar-refractivity contribution in [2.75, 3.05) is 6.54 Å². The minimum atomic E-state index is -0.604. The van der Waals surface area contributed by atoms with Gasteiger partial charge < -0.3 is 0 Å². The SMILES string of the molecule is CCN1C(=O)C2C(C1=O)C1C(=O)N(C(C)C)C(=O)C21. The van der Waals surface area contributed by atoms with Gasteiger partial charge in [-0.3, -0.25) is 29.0 Å². The number of amides is 4. The highest BCUT2D eigenvalue weighted by molar-refractivity contribution is 6.17. The summed E-state index contributed by atoms with van der Waals surface area (Å²) in [5.74, 6) is -3.55. The summed E-state index contributed by atoms with van der Waals surface area (Å²) in [5, 5.41) is 0. The molecule has 19 heavy (non-hydrogen) atoms. The number of fused-ring (bicyclic) bond motifs is 4. The fourth-order valence-electron chi connectivity index (χ4n) is 3.70. The molecule has 0 bridgehead atoms. The summed E-state index contributed by atoms with van der Waals surface area (Å²) in [6.07, 6.45) is 0. The van der Waals surface area contributed by atoms with Gasteiger partial charge in [-0.05, 0) is 20.8 Å². The van der Waals surface area contributed by atoms with Crippen molar-refractivity contribution >= 4 is 23.6 Å². The molecule has 0 N–H and O–H groups in total. The molecule has 0 aromatic carbocycles. The topological polar surface area (TPSA) is 74.8 Å². The van der Waals surface area contributed by atoms with Crippen molar-refractivity contribution in [3.63, 3.8) is 0 Å². The smallest absolute Gasteiger partial charge is 0.234 e. The molecule has 4 unspecified atom stereocenters. The minimum absolute atomic E-state index is 0.223. The maximum Gasteiger partial charge on any atom is 0.234 e. The zero-order valence-electron chi connectivity index (χ0n) is 11.1. The van der Waals surface area contributed by atoms with Crippen molar-refractivity contribution < 1.29 is 19.2 Å². The summed E-state index contributed by atoms with van der Waals surface area (Å²) in [6.45, 7) is 5.55. The lowest BCUT2D eigenvalue weighted by atomic mass is 9.59. The van der Waals surface area contributed by atoms with Gasteiger partial charge in [0.1, 0.15) is 0 Å². The Morgan fingerprint density at radius 1 is 0.842 bits per heavy atom. The first-order valence-corrected chi connectivity index (χ1v) is 6.64. The second-order valence-corrected chi connectivity index (χ2v) is 5.66. The van der Waals surface area contributed by atoms with Crippen LogP contribution >= 0.6 is 0 Å². The highest BCUT2D eigenvalue weighted by Gasteiger charge is 2.73. The van der Waals surface area contributed by atoms with Gasteiger partial charge >= 0.3 is 0 Å². The summed E-state index contributed by atoms with van der Waals surface area (Å²) in [5.41, 5.74) is 0. The average molecular weight is 264 g/mol. The molecule has 1 aliphatic carbocycles. The van der Waals surface area contributed by atoms with E-state index in [2.05, 4.69) is 0 Å². The molecule has 6 nitrogen and oxygen atoms in total. The van der Waals surface area contributed by atoms with Crippen LogP contribution in [-0.4, -0.2) is 46.0 Å². The van der Waals surface area contributed by atoms with Gasteiger partial charge in [0, 0.05) is 12.6 Å². The zero-order chi connectivity index (χ0) is 14.1. The molecular formula is C13H16N2O4. The van der Waals surface area contributed by atoms with E-state index < -0.39 is 23.7 Å². The first-order valence-electron chi connectivity index (χ1n) is 6.64. The first kappa shape index (κ1) is 12.3. The van der Waals surface area contributed by atoms with Gasteiger partial charge in [-0.25, -0.2) is 0 Å². The summed E-state index contributed by atoms with van der Waals surface area (Å²) in [7, 11) is 0. The van der Waals surface area contributed by atoms with Gasteiger partial charge in [-0.1, -0.05) is 0 Å². The third kappa shape index (κ3) is 1.21. The molecule has 6 heteroatoms. The van der Waals surface area contributed by atoms with Crippen LogP contribution in [0.5, 0.6) is 0 Å². The van der Waals surface area contributed by atoms with Crippen LogP contribution in [0.4, 0.5) is 0 Å². The number of likely N-dealkylation sites (tertiary alicyclic amines) is 2.